The highest BCUT2D eigenvalue weighted by Gasteiger charge is 2.25. The molecule has 0 atom stereocenters. The van der Waals surface area contributed by atoms with Crippen LogP contribution in [0, 0.1) is 27.3 Å². The second-order valence-electron chi connectivity index (χ2n) is 8.69. The van der Waals surface area contributed by atoms with Crippen molar-refractivity contribution < 1.29 is 9.31 Å². The molecule has 4 aromatic rings. The van der Waals surface area contributed by atoms with Crippen LogP contribution in [0.4, 0.5) is 21.6 Å². The molecule has 1 saturated heterocycles. The topological polar surface area (TPSA) is 99.2 Å². The fraction of sp³-hybridized carbons (Fsp3) is 0.179. The first-order valence-electron chi connectivity index (χ1n) is 12.0. The number of anilines is 2. The summed E-state index contributed by atoms with van der Waals surface area (Å²) in [5.74, 6) is 0.681. The van der Waals surface area contributed by atoms with E-state index in [-0.39, 0.29) is 11.5 Å². The summed E-state index contributed by atoms with van der Waals surface area (Å²) in [6, 6.07) is 24.8. The number of hydrogen-bond donors (Lipinski definition) is 0. The number of piperazine rings is 1. The van der Waals surface area contributed by atoms with Crippen LogP contribution >= 0.6 is 11.8 Å². The van der Waals surface area contributed by atoms with Crippen molar-refractivity contribution in [1.29, 1.82) is 5.26 Å². The zero-order valence-corrected chi connectivity index (χ0v) is 21.1. The van der Waals surface area contributed by atoms with Crippen molar-refractivity contribution in [1.82, 2.24) is 9.97 Å². The third-order valence-corrected chi connectivity index (χ3v) is 7.23. The molecule has 1 aromatic heterocycles. The van der Waals surface area contributed by atoms with Gasteiger partial charge in [-0.05, 0) is 42.0 Å². The molecule has 190 valence electrons. The molecule has 0 spiro atoms. The van der Waals surface area contributed by atoms with Gasteiger partial charge in [0.1, 0.15) is 17.4 Å². The van der Waals surface area contributed by atoms with Gasteiger partial charge in [0.2, 0.25) is 0 Å². The predicted octanol–water partition coefficient (Wildman–Crippen LogP) is 5.68. The normalized spacial score (nSPS) is 13.3. The number of para-hydroxylation sites is 1. The van der Waals surface area contributed by atoms with Crippen LogP contribution in [0.1, 0.15) is 11.1 Å². The van der Waals surface area contributed by atoms with E-state index in [0.29, 0.717) is 46.6 Å². The third-order valence-electron chi connectivity index (χ3n) is 6.31. The highest BCUT2D eigenvalue weighted by Crippen LogP contribution is 2.33. The maximum Gasteiger partial charge on any atom is 0.269 e. The highest BCUT2D eigenvalue weighted by molar-refractivity contribution is 7.98. The Morgan fingerprint density at radius 1 is 0.921 bits per heavy atom. The summed E-state index contributed by atoms with van der Waals surface area (Å²) >= 11 is 1.38. The summed E-state index contributed by atoms with van der Waals surface area (Å²) in [7, 11) is 0. The Morgan fingerprint density at radius 3 is 2.21 bits per heavy atom. The molecular formula is C28H23FN6O2S. The van der Waals surface area contributed by atoms with Gasteiger partial charge < -0.3 is 9.80 Å². The molecule has 0 N–H and O–H groups in total. The van der Waals surface area contributed by atoms with Crippen molar-refractivity contribution in [3.63, 3.8) is 0 Å². The number of nitro groups is 1. The van der Waals surface area contributed by atoms with Gasteiger partial charge in [-0.2, -0.15) is 5.26 Å². The van der Waals surface area contributed by atoms with E-state index in [4.69, 9.17) is 4.98 Å². The fourth-order valence-corrected chi connectivity index (χ4v) is 5.11. The number of halogens is 1. The van der Waals surface area contributed by atoms with Crippen LogP contribution < -0.4 is 9.80 Å². The van der Waals surface area contributed by atoms with Gasteiger partial charge in [-0.1, -0.05) is 42.1 Å². The van der Waals surface area contributed by atoms with Gasteiger partial charge in [-0.15, -0.1) is 0 Å². The van der Waals surface area contributed by atoms with Crippen LogP contribution in [0.3, 0.4) is 0 Å². The molecule has 10 heteroatoms. The fourth-order valence-electron chi connectivity index (χ4n) is 4.32. The molecule has 1 fully saturated rings. The van der Waals surface area contributed by atoms with Crippen LogP contribution in [0.25, 0.3) is 11.3 Å². The quantitative estimate of drug-likeness (QED) is 0.131. The zero-order valence-electron chi connectivity index (χ0n) is 20.3. The molecule has 2 heterocycles. The lowest BCUT2D eigenvalue weighted by atomic mass is 10.1. The van der Waals surface area contributed by atoms with E-state index in [1.165, 1.54) is 36.0 Å². The Labute approximate surface area is 223 Å². The van der Waals surface area contributed by atoms with Gasteiger partial charge in [-0.25, -0.2) is 14.4 Å². The SMILES string of the molecule is N#Cc1c(-c2ccc(F)cc2)nc(SCc2ccc([N+](=O)[O-])cc2)nc1N1CCN(c2ccccc2)CC1. The Bertz CT molecular complexity index is 1470. The number of benzene rings is 3. The molecule has 0 aliphatic carbocycles. The van der Waals surface area contributed by atoms with Crippen LogP contribution in [0.15, 0.2) is 84.0 Å². The maximum atomic E-state index is 13.6. The summed E-state index contributed by atoms with van der Waals surface area (Å²) in [6.45, 7) is 2.90. The number of rotatable bonds is 7. The molecule has 0 unspecified atom stereocenters. The molecule has 8 nitrogen and oxygen atoms in total. The van der Waals surface area contributed by atoms with Gasteiger partial charge in [0.05, 0.1) is 10.6 Å². The minimum atomic E-state index is -0.431. The smallest absolute Gasteiger partial charge is 0.269 e. The standard InChI is InChI=1S/C28H23FN6O2S/c29-22-10-8-21(9-11-22)26-25(18-30)27(34-16-14-33(15-17-34)23-4-2-1-3-5-23)32-28(31-26)38-19-20-6-12-24(13-7-20)35(36)37/h1-13H,14-17,19H2. The number of nitrogens with zero attached hydrogens (tertiary/aromatic N) is 6. The van der Waals surface area contributed by atoms with Crippen LogP contribution in [0.2, 0.25) is 0 Å². The van der Waals surface area contributed by atoms with E-state index < -0.39 is 4.92 Å². The maximum absolute atomic E-state index is 13.6. The van der Waals surface area contributed by atoms with Crippen molar-refractivity contribution >= 4 is 29.0 Å². The molecule has 0 amide bonds. The molecule has 38 heavy (non-hydrogen) atoms. The minimum Gasteiger partial charge on any atom is -0.368 e. The minimum absolute atomic E-state index is 0.0314. The monoisotopic (exact) mass is 526 g/mol. The summed E-state index contributed by atoms with van der Waals surface area (Å²) in [5, 5.41) is 21.6. The predicted molar refractivity (Wildman–Crippen MR) is 146 cm³/mol. The molecule has 3 aromatic carbocycles. The average molecular weight is 527 g/mol. The highest BCUT2D eigenvalue weighted by atomic mass is 32.2. The number of aromatic nitrogens is 2. The number of nitriles is 1. The van der Waals surface area contributed by atoms with Gasteiger partial charge in [0.25, 0.3) is 5.69 Å². The van der Waals surface area contributed by atoms with Crippen molar-refractivity contribution in [2.75, 3.05) is 36.0 Å². The summed E-state index contributed by atoms with van der Waals surface area (Å²) in [6.07, 6.45) is 0. The Hall–Kier alpha value is -4.49. The largest absolute Gasteiger partial charge is 0.368 e. The van der Waals surface area contributed by atoms with Gasteiger partial charge in [0.15, 0.2) is 11.0 Å². The van der Waals surface area contributed by atoms with Crippen LogP contribution in [-0.4, -0.2) is 41.1 Å². The first-order chi connectivity index (χ1) is 18.5. The van der Waals surface area contributed by atoms with Crippen LogP contribution in [-0.2, 0) is 5.75 Å². The van der Waals surface area contributed by atoms with E-state index in [2.05, 4.69) is 33.0 Å². The third kappa shape index (κ3) is 5.58. The van der Waals surface area contributed by atoms with Crippen molar-refractivity contribution in [3.05, 3.63) is 106 Å². The van der Waals surface area contributed by atoms with Crippen molar-refractivity contribution in [2.24, 2.45) is 0 Å². The molecule has 0 radical (unpaired) electrons. The van der Waals surface area contributed by atoms with E-state index in [1.807, 2.05) is 18.2 Å². The number of non-ortho nitro benzene ring substituents is 1. The molecule has 1 aliphatic heterocycles. The molecular weight excluding hydrogens is 503 g/mol. The molecule has 5 rings (SSSR count). The second kappa shape index (κ2) is 11.3. The van der Waals surface area contributed by atoms with E-state index in [0.717, 1.165) is 24.3 Å². The van der Waals surface area contributed by atoms with E-state index in [1.54, 1.807) is 24.3 Å². The molecule has 0 saturated carbocycles. The zero-order chi connectivity index (χ0) is 26.5. The molecule has 0 bridgehead atoms. The summed E-state index contributed by atoms with van der Waals surface area (Å²) in [5.41, 5.74) is 3.51. The summed E-state index contributed by atoms with van der Waals surface area (Å²) in [4.78, 5) is 24.4. The average Bonchev–Trinajstić information content (AvgIpc) is 2.96. The number of thioether (sulfide) groups is 1. The molecule has 1 aliphatic rings. The Balaban J connectivity index is 1.45. The lowest BCUT2D eigenvalue weighted by molar-refractivity contribution is -0.384. The Kier molecular flexibility index (Phi) is 7.47. The van der Waals surface area contributed by atoms with E-state index >= 15 is 0 Å². The number of nitro benzene ring substituents is 1. The van der Waals surface area contributed by atoms with Gasteiger partial charge in [-0.3, -0.25) is 10.1 Å². The van der Waals surface area contributed by atoms with Gasteiger partial charge >= 0.3 is 0 Å². The number of hydrogen-bond acceptors (Lipinski definition) is 8. The summed E-state index contributed by atoms with van der Waals surface area (Å²) < 4.78 is 13.6. The van der Waals surface area contributed by atoms with E-state index in [9.17, 15) is 19.8 Å². The van der Waals surface area contributed by atoms with Gasteiger partial charge in [0, 0.05) is 55.3 Å². The lowest BCUT2D eigenvalue weighted by Gasteiger charge is -2.37. The first kappa shape index (κ1) is 25.2. The lowest BCUT2D eigenvalue weighted by Crippen LogP contribution is -2.47. The van der Waals surface area contributed by atoms with Crippen molar-refractivity contribution in [2.45, 2.75) is 10.9 Å². The second-order valence-corrected chi connectivity index (χ2v) is 9.64. The van der Waals surface area contributed by atoms with Crippen molar-refractivity contribution in [3.8, 4) is 17.3 Å². The van der Waals surface area contributed by atoms with Crippen LogP contribution in [0.5, 0.6) is 0 Å². The Morgan fingerprint density at radius 2 is 1.58 bits per heavy atom. The first-order valence-corrected chi connectivity index (χ1v) is 13.0.